The van der Waals surface area contributed by atoms with Gasteiger partial charge in [-0.1, -0.05) is 0 Å². The number of hydrogen-bond donors (Lipinski definition) is 1. The molecule has 0 bridgehead atoms. The van der Waals surface area contributed by atoms with Gasteiger partial charge in [0.2, 0.25) is 0 Å². The molecule has 0 fully saturated rings. The van der Waals surface area contributed by atoms with Gasteiger partial charge in [0.25, 0.3) is 0 Å². The maximum Gasteiger partial charge on any atom is 0.0879 e. The first-order chi connectivity index (χ1) is 6.24. The average molecular weight is 243 g/mol. The highest BCUT2D eigenvalue weighted by molar-refractivity contribution is 9.10. The van der Waals surface area contributed by atoms with E-state index in [0.717, 1.165) is 0 Å². The molecule has 2 rings (SSSR count). The molecular weight excluding hydrogens is 228 g/mol. The predicted octanol–water partition coefficient (Wildman–Crippen LogP) is 2.38. The van der Waals surface area contributed by atoms with Crippen LogP contribution in [0.1, 0.15) is 30.0 Å². The van der Waals surface area contributed by atoms with Crippen LogP contribution in [0.5, 0.6) is 0 Å². The normalized spacial score (nSPS) is 21.6. The van der Waals surface area contributed by atoms with Crippen LogP contribution < -0.4 is 5.32 Å². The highest BCUT2D eigenvalue weighted by Crippen LogP contribution is 2.34. The van der Waals surface area contributed by atoms with E-state index in [1.54, 1.807) is 0 Å². The average Bonchev–Trinajstić information content (AvgIpc) is 2.43. The van der Waals surface area contributed by atoms with Gasteiger partial charge in [-0.15, -0.1) is 0 Å². The Balaban J connectivity index is 2.45. The smallest absolute Gasteiger partial charge is 0.0879 e. The minimum atomic E-state index is 0.557. The third-order valence-corrected chi connectivity index (χ3v) is 3.92. The fourth-order valence-electron chi connectivity index (χ4n) is 2.16. The summed E-state index contributed by atoms with van der Waals surface area (Å²) in [7, 11) is 4.13. The zero-order valence-electron chi connectivity index (χ0n) is 8.10. The van der Waals surface area contributed by atoms with Crippen molar-refractivity contribution in [1.29, 1.82) is 0 Å². The minimum absolute atomic E-state index is 0.557. The van der Waals surface area contributed by atoms with Gasteiger partial charge in [0, 0.05) is 19.3 Å². The van der Waals surface area contributed by atoms with Gasteiger partial charge in [-0.2, -0.15) is 0 Å². The van der Waals surface area contributed by atoms with Crippen molar-refractivity contribution in [3.8, 4) is 0 Å². The Kier molecular flexibility index (Phi) is 2.47. The van der Waals surface area contributed by atoms with Gasteiger partial charge in [0.1, 0.15) is 0 Å². The summed E-state index contributed by atoms with van der Waals surface area (Å²) in [5.41, 5.74) is 2.97. The second-order valence-electron chi connectivity index (χ2n) is 3.70. The lowest BCUT2D eigenvalue weighted by molar-refractivity contribution is 0.498. The molecule has 0 radical (unpaired) electrons. The van der Waals surface area contributed by atoms with Crippen LogP contribution >= 0.6 is 15.9 Å². The van der Waals surface area contributed by atoms with E-state index >= 15 is 0 Å². The van der Waals surface area contributed by atoms with Crippen LogP contribution in [0.3, 0.4) is 0 Å². The van der Waals surface area contributed by atoms with Crippen molar-refractivity contribution in [3.63, 3.8) is 0 Å². The Labute approximate surface area is 87.5 Å². The van der Waals surface area contributed by atoms with E-state index in [0.29, 0.717) is 6.04 Å². The predicted molar refractivity (Wildman–Crippen MR) is 57.9 cm³/mol. The van der Waals surface area contributed by atoms with Crippen molar-refractivity contribution < 1.29 is 0 Å². The zero-order valence-corrected chi connectivity index (χ0v) is 9.69. The summed E-state index contributed by atoms with van der Waals surface area (Å²) in [4.78, 5) is 0. The van der Waals surface area contributed by atoms with E-state index in [9.17, 15) is 0 Å². The standard InChI is InChI=1S/C10H15BrN2/c1-12-9-5-3-4-7-8(9)6-13(2)10(7)11/h6,9,12H,3-5H2,1-2H3. The molecule has 2 nitrogen and oxygen atoms in total. The molecular formula is C10H15BrN2. The molecule has 72 valence electrons. The largest absolute Gasteiger partial charge is 0.345 e. The van der Waals surface area contributed by atoms with Crippen molar-refractivity contribution in [2.75, 3.05) is 7.05 Å². The zero-order chi connectivity index (χ0) is 9.42. The van der Waals surface area contributed by atoms with Gasteiger partial charge < -0.3 is 9.88 Å². The first-order valence-corrected chi connectivity index (χ1v) is 5.54. The second-order valence-corrected chi connectivity index (χ2v) is 4.45. The summed E-state index contributed by atoms with van der Waals surface area (Å²) < 4.78 is 3.42. The Morgan fingerprint density at radius 2 is 2.38 bits per heavy atom. The summed E-state index contributed by atoms with van der Waals surface area (Å²) in [6.45, 7) is 0. The summed E-state index contributed by atoms with van der Waals surface area (Å²) in [6, 6.07) is 0.557. The molecule has 1 aromatic heterocycles. The molecule has 1 aromatic rings. The Hall–Kier alpha value is -0.280. The molecule has 0 spiro atoms. The number of aromatic nitrogens is 1. The molecule has 3 heteroatoms. The molecule has 1 atom stereocenters. The first kappa shape index (κ1) is 9.28. The van der Waals surface area contributed by atoms with E-state index in [2.05, 4.69) is 39.1 Å². The van der Waals surface area contributed by atoms with Crippen LogP contribution in [0.15, 0.2) is 10.8 Å². The van der Waals surface area contributed by atoms with Crippen LogP contribution in [-0.4, -0.2) is 11.6 Å². The lowest BCUT2D eigenvalue weighted by Gasteiger charge is -2.21. The highest BCUT2D eigenvalue weighted by Gasteiger charge is 2.22. The quantitative estimate of drug-likeness (QED) is 0.801. The molecule has 1 aliphatic rings. The molecule has 1 heterocycles. The Morgan fingerprint density at radius 3 is 3.08 bits per heavy atom. The molecule has 0 saturated carbocycles. The lowest BCUT2D eigenvalue weighted by atomic mass is 9.91. The molecule has 13 heavy (non-hydrogen) atoms. The number of rotatable bonds is 1. The van der Waals surface area contributed by atoms with E-state index < -0.39 is 0 Å². The van der Waals surface area contributed by atoms with Gasteiger partial charge >= 0.3 is 0 Å². The number of nitrogens with one attached hydrogen (secondary N) is 1. The van der Waals surface area contributed by atoms with Gasteiger partial charge in [0.05, 0.1) is 4.60 Å². The van der Waals surface area contributed by atoms with Crippen molar-refractivity contribution >= 4 is 15.9 Å². The van der Waals surface area contributed by atoms with Gasteiger partial charge in [-0.05, 0) is 53.4 Å². The van der Waals surface area contributed by atoms with E-state index in [4.69, 9.17) is 0 Å². The first-order valence-electron chi connectivity index (χ1n) is 4.75. The summed E-state index contributed by atoms with van der Waals surface area (Å²) in [5.74, 6) is 0. The number of halogens is 1. The molecule has 0 saturated heterocycles. The van der Waals surface area contributed by atoms with Crippen molar-refractivity contribution in [3.05, 3.63) is 21.9 Å². The van der Waals surface area contributed by atoms with Gasteiger partial charge in [0.15, 0.2) is 0 Å². The molecule has 1 N–H and O–H groups in total. The van der Waals surface area contributed by atoms with Crippen molar-refractivity contribution in [2.24, 2.45) is 7.05 Å². The third-order valence-electron chi connectivity index (χ3n) is 2.88. The fraction of sp³-hybridized carbons (Fsp3) is 0.600. The second kappa shape index (κ2) is 3.46. The van der Waals surface area contributed by atoms with E-state index in [1.165, 1.54) is 35.0 Å². The molecule has 0 aliphatic heterocycles. The Morgan fingerprint density at radius 1 is 1.62 bits per heavy atom. The number of hydrogen-bond acceptors (Lipinski definition) is 1. The molecule has 1 unspecified atom stereocenters. The van der Waals surface area contributed by atoms with Crippen LogP contribution in [-0.2, 0) is 13.5 Å². The SMILES string of the molecule is CNC1CCCc2c1cn(C)c2Br. The minimum Gasteiger partial charge on any atom is -0.345 e. The van der Waals surface area contributed by atoms with Crippen molar-refractivity contribution in [1.82, 2.24) is 9.88 Å². The maximum absolute atomic E-state index is 3.63. The van der Waals surface area contributed by atoms with Crippen LogP contribution in [0, 0.1) is 0 Å². The summed E-state index contributed by atoms with van der Waals surface area (Å²) in [6.07, 6.45) is 6.01. The Bertz CT molecular complexity index is 317. The maximum atomic E-state index is 3.63. The number of fused-ring (bicyclic) bond motifs is 1. The van der Waals surface area contributed by atoms with Gasteiger partial charge in [-0.25, -0.2) is 0 Å². The fourth-order valence-corrected chi connectivity index (χ4v) is 2.69. The number of aryl methyl sites for hydroxylation is 1. The third kappa shape index (κ3) is 1.44. The monoisotopic (exact) mass is 242 g/mol. The summed E-state index contributed by atoms with van der Waals surface area (Å²) in [5, 5.41) is 3.37. The molecule has 0 aromatic carbocycles. The van der Waals surface area contributed by atoms with E-state index in [-0.39, 0.29) is 0 Å². The topological polar surface area (TPSA) is 17.0 Å². The molecule has 0 amide bonds. The van der Waals surface area contributed by atoms with Crippen LogP contribution in [0.2, 0.25) is 0 Å². The highest BCUT2D eigenvalue weighted by atomic mass is 79.9. The van der Waals surface area contributed by atoms with Crippen molar-refractivity contribution in [2.45, 2.75) is 25.3 Å². The summed E-state index contributed by atoms with van der Waals surface area (Å²) >= 11 is 3.63. The number of nitrogens with zero attached hydrogens (tertiary/aromatic N) is 1. The molecule has 1 aliphatic carbocycles. The van der Waals surface area contributed by atoms with Crippen LogP contribution in [0.4, 0.5) is 0 Å². The van der Waals surface area contributed by atoms with E-state index in [1.807, 2.05) is 7.05 Å². The van der Waals surface area contributed by atoms with Crippen LogP contribution in [0.25, 0.3) is 0 Å². The van der Waals surface area contributed by atoms with Gasteiger partial charge in [-0.3, -0.25) is 0 Å². The lowest BCUT2D eigenvalue weighted by Crippen LogP contribution is -2.20.